The van der Waals surface area contributed by atoms with Crippen LogP contribution in [0.1, 0.15) is 36.4 Å². The number of hydrogen-bond acceptors (Lipinski definition) is 6. The lowest BCUT2D eigenvalue weighted by atomic mass is 9.89. The number of nitrogen functional groups attached to an aromatic ring is 1. The maximum absolute atomic E-state index is 13.0. The fourth-order valence-corrected chi connectivity index (χ4v) is 4.60. The van der Waals surface area contributed by atoms with E-state index in [2.05, 4.69) is 15.3 Å². The first-order valence-electron chi connectivity index (χ1n) is 9.93. The Morgan fingerprint density at radius 3 is 2.69 bits per heavy atom. The molecule has 7 nitrogen and oxygen atoms in total. The normalized spacial score (nSPS) is 19.2. The minimum absolute atomic E-state index is 0.182. The third kappa shape index (κ3) is 4.52. The fourth-order valence-electron chi connectivity index (χ4n) is 3.79. The number of halogens is 3. The van der Waals surface area contributed by atoms with E-state index in [4.69, 9.17) is 5.73 Å². The largest absolute Gasteiger partial charge is 0.443 e. The van der Waals surface area contributed by atoms with Crippen molar-refractivity contribution < 1.29 is 22.8 Å². The van der Waals surface area contributed by atoms with Gasteiger partial charge in [-0.05, 0) is 48.6 Å². The first-order chi connectivity index (χ1) is 15.1. The van der Waals surface area contributed by atoms with Crippen LogP contribution in [0.3, 0.4) is 0 Å². The second-order valence-electron chi connectivity index (χ2n) is 7.83. The van der Waals surface area contributed by atoms with Crippen LogP contribution in [0.4, 0.5) is 24.7 Å². The maximum atomic E-state index is 13.0. The highest BCUT2D eigenvalue weighted by molar-refractivity contribution is 7.18. The van der Waals surface area contributed by atoms with E-state index in [1.807, 2.05) is 6.92 Å². The van der Waals surface area contributed by atoms with E-state index < -0.39 is 29.0 Å². The summed E-state index contributed by atoms with van der Waals surface area (Å²) in [5, 5.41) is 1.61. The molecule has 2 amide bonds. The number of amides is 2. The lowest BCUT2D eigenvalue weighted by Gasteiger charge is -2.38. The van der Waals surface area contributed by atoms with Crippen LogP contribution in [0.25, 0.3) is 10.2 Å². The molecule has 1 aromatic carbocycles. The molecule has 2 aromatic heterocycles. The highest BCUT2D eigenvalue weighted by Gasteiger charge is 2.36. The summed E-state index contributed by atoms with van der Waals surface area (Å²) in [4.78, 5) is 34.7. The van der Waals surface area contributed by atoms with E-state index >= 15 is 0 Å². The first-order valence-corrected chi connectivity index (χ1v) is 10.7. The number of likely N-dealkylation sites (tertiary alicyclic amines) is 1. The molecule has 2 atom stereocenters. The molecule has 0 spiro atoms. The summed E-state index contributed by atoms with van der Waals surface area (Å²) in [7, 11) is 0. The number of hydrogen-bond donors (Lipinski definition) is 2. The summed E-state index contributed by atoms with van der Waals surface area (Å²) in [5.41, 5.74) is 6.74. The molecular weight excluding hydrogens is 443 g/mol. The molecule has 4 rings (SSSR count). The standard InChI is InChI=1S/C21H20F3N5O2S/c1-11-2-5-15(12-3-6-16-14(8-12)28-20(32-16)21(22,23)24)29(10-11)19(31)18(30)27-13-4-7-17(25)26-9-13/h3-4,6-9,11,15H,2,5,10H2,1H3,(H2,25,26)(H,27,30)/t11-,15+/m1/s1. The number of nitrogens with two attached hydrogens (primary N) is 1. The summed E-state index contributed by atoms with van der Waals surface area (Å²) in [6.45, 7) is 2.34. The van der Waals surface area contributed by atoms with Gasteiger partial charge in [0, 0.05) is 6.54 Å². The number of piperidine rings is 1. The molecule has 1 saturated heterocycles. The molecule has 1 aliphatic heterocycles. The van der Waals surface area contributed by atoms with Crippen LogP contribution in [-0.4, -0.2) is 33.2 Å². The number of nitrogens with one attached hydrogen (secondary N) is 1. The number of alkyl halides is 3. The smallest absolute Gasteiger partial charge is 0.384 e. The third-order valence-corrected chi connectivity index (χ3v) is 6.44. The third-order valence-electron chi connectivity index (χ3n) is 5.36. The zero-order chi connectivity index (χ0) is 23.0. The summed E-state index contributed by atoms with van der Waals surface area (Å²) in [6, 6.07) is 7.46. The second-order valence-corrected chi connectivity index (χ2v) is 8.86. The Balaban J connectivity index is 1.59. The number of fused-ring (bicyclic) bond motifs is 1. The lowest BCUT2D eigenvalue weighted by Crippen LogP contribution is -2.46. The van der Waals surface area contributed by atoms with Gasteiger partial charge in [0.25, 0.3) is 0 Å². The molecule has 0 unspecified atom stereocenters. The van der Waals surface area contributed by atoms with Crippen molar-refractivity contribution in [1.29, 1.82) is 0 Å². The van der Waals surface area contributed by atoms with Crippen molar-refractivity contribution in [3.8, 4) is 0 Å². The van der Waals surface area contributed by atoms with E-state index in [0.29, 0.717) is 40.3 Å². The van der Waals surface area contributed by atoms with Gasteiger partial charge < -0.3 is 16.0 Å². The van der Waals surface area contributed by atoms with Gasteiger partial charge in [0.05, 0.1) is 28.1 Å². The minimum Gasteiger partial charge on any atom is -0.384 e. The number of benzene rings is 1. The summed E-state index contributed by atoms with van der Waals surface area (Å²) < 4.78 is 39.5. The summed E-state index contributed by atoms with van der Waals surface area (Å²) in [5.74, 6) is -1.07. The van der Waals surface area contributed by atoms with Crippen molar-refractivity contribution in [3.63, 3.8) is 0 Å². The number of pyridine rings is 1. The Bertz CT molecular complexity index is 1160. The molecule has 3 aromatic rings. The van der Waals surface area contributed by atoms with Crippen molar-refractivity contribution in [2.45, 2.75) is 32.0 Å². The molecule has 0 saturated carbocycles. The van der Waals surface area contributed by atoms with Crippen LogP contribution in [0.15, 0.2) is 36.5 Å². The van der Waals surface area contributed by atoms with Crippen molar-refractivity contribution in [3.05, 3.63) is 47.1 Å². The van der Waals surface area contributed by atoms with Crippen LogP contribution >= 0.6 is 11.3 Å². The van der Waals surface area contributed by atoms with Gasteiger partial charge in [-0.1, -0.05) is 13.0 Å². The van der Waals surface area contributed by atoms with Gasteiger partial charge in [-0.15, -0.1) is 11.3 Å². The fraction of sp³-hybridized carbons (Fsp3) is 0.333. The Morgan fingerprint density at radius 1 is 1.22 bits per heavy atom. The highest BCUT2D eigenvalue weighted by Crippen LogP contribution is 2.38. The van der Waals surface area contributed by atoms with Crippen LogP contribution in [0.5, 0.6) is 0 Å². The number of rotatable bonds is 2. The van der Waals surface area contributed by atoms with E-state index in [0.717, 1.165) is 6.42 Å². The predicted octanol–water partition coefficient (Wildman–Crippen LogP) is 4.23. The number of thiazole rings is 1. The average molecular weight is 463 g/mol. The quantitative estimate of drug-likeness (QED) is 0.554. The topological polar surface area (TPSA) is 101 Å². The second kappa shape index (κ2) is 8.38. The molecule has 11 heteroatoms. The molecule has 3 N–H and O–H groups in total. The highest BCUT2D eigenvalue weighted by atomic mass is 32.1. The van der Waals surface area contributed by atoms with E-state index in [1.54, 1.807) is 18.2 Å². The van der Waals surface area contributed by atoms with Crippen molar-refractivity contribution >= 4 is 44.9 Å². The number of carbonyl (C=O) groups is 2. The van der Waals surface area contributed by atoms with Crippen LogP contribution in [-0.2, 0) is 15.8 Å². The average Bonchev–Trinajstić information content (AvgIpc) is 3.19. The zero-order valence-electron chi connectivity index (χ0n) is 17.0. The van der Waals surface area contributed by atoms with E-state index in [-0.39, 0.29) is 17.3 Å². The molecule has 0 radical (unpaired) electrons. The monoisotopic (exact) mass is 463 g/mol. The van der Waals surface area contributed by atoms with Crippen molar-refractivity contribution in [2.75, 3.05) is 17.6 Å². The molecule has 1 aliphatic rings. The molecule has 0 aliphatic carbocycles. The minimum atomic E-state index is -4.51. The molecular formula is C21H20F3N5O2S. The number of aromatic nitrogens is 2. The van der Waals surface area contributed by atoms with Gasteiger partial charge in [0.2, 0.25) is 0 Å². The predicted molar refractivity (Wildman–Crippen MR) is 115 cm³/mol. The van der Waals surface area contributed by atoms with Gasteiger partial charge in [0.1, 0.15) is 5.82 Å². The van der Waals surface area contributed by atoms with Gasteiger partial charge in [-0.3, -0.25) is 9.59 Å². The van der Waals surface area contributed by atoms with Gasteiger partial charge in [-0.2, -0.15) is 13.2 Å². The van der Waals surface area contributed by atoms with Gasteiger partial charge in [-0.25, -0.2) is 9.97 Å². The van der Waals surface area contributed by atoms with E-state index in [1.165, 1.54) is 23.2 Å². The van der Waals surface area contributed by atoms with Crippen LogP contribution < -0.4 is 11.1 Å². The van der Waals surface area contributed by atoms with Crippen molar-refractivity contribution in [1.82, 2.24) is 14.9 Å². The molecule has 1 fully saturated rings. The first kappa shape index (κ1) is 22.0. The van der Waals surface area contributed by atoms with Gasteiger partial charge in [0.15, 0.2) is 5.01 Å². The lowest BCUT2D eigenvalue weighted by molar-refractivity contribution is -0.146. The Hall–Kier alpha value is -3.21. The SMILES string of the molecule is C[C@@H]1CC[C@@H](c2ccc3sc(C(F)(F)F)nc3c2)N(C(=O)C(=O)Nc2ccc(N)nc2)C1. The number of nitrogens with zero attached hydrogens (tertiary/aromatic N) is 3. The Kier molecular flexibility index (Phi) is 5.76. The van der Waals surface area contributed by atoms with Crippen LogP contribution in [0.2, 0.25) is 0 Å². The van der Waals surface area contributed by atoms with E-state index in [9.17, 15) is 22.8 Å². The Labute approximate surface area is 185 Å². The summed E-state index contributed by atoms with van der Waals surface area (Å²) in [6.07, 6.45) is -1.75. The number of anilines is 2. The van der Waals surface area contributed by atoms with Crippen LogP contribution in [0, 0.1) is 5.92 Å². The molecule has 168 valence electrons. The maximum Gasteiger partial charge on any atom is 0.443 e. The molecule has 32 heavy (non-hydrogen) atoms. The van der Waals surface area contributed by atoms with Crippen molar-refractivity contribution in [2.24, 2.45) is 5.92 Å². The Morgan fingerprint density at radius 2 is 2.00 bits per heavy atom. The zero-order valence-corrected chi connectivity index (χ0v) is 17.8. The summed E-state index contributed by atoms with van der Waals surface area (Å²) >= 11 is 0.579. The molecule has 0 bridgehead atoms. The van der Waals surface area contributed by atoms with Gasteiger partial charge >= 0.3 is 18.0 Å². The molecule has 3 heterocycles. The number of carbonyl (C=O) groups excluding carboxylic acids is 2.